The van der Waals surface area contributed by atoms with Crippen LogP contribution in [0.4, 0.5) is 5.82 Å². The van der Waals surface area contributed by atoms with Crippen molar-refractivity contribution >= 4 is 40.0 Å². The number of aryl methyl sites for hydroxylation is 2. The van der Waals surface area contributed by atoms with E-state index in [2.05, 4.69) is 35.2 Å². The van der Waals surface area contributed by atoms with Crippen LogP contribution in [0.2, 0.25) is 0 Å². The van der Waals surface area contributed by atoms with Gasteiger partial charge in [-0.2, -0.15) is 5.10 Å². The number of rotatable bonds is 5. The van der Waals surface area contributed by atoms with Gasteiger partial charge in [-0.1, -0.05) is 0 Å². The Morgan fingerprint density at radius 2 is 1.85 bits per heavy atom. The number of aromatic nitrogens is 5. The molecule has 2 fully saturated rings. The third kappa shape index (κ3) is 4.60. The largest absolute Gasteiger partial charge is 0.352 e. The van der Waals surface area contributed by atoms with Gasteiger partial charge >= 0.3 is 0 Å². The summed E-state index contributed by atoms with van der Waals surface area (Å²) in [6.07, 6.45) is 5.06. The number of piperazine rings is 1. The number of thiazole rings is 1. The van der Waals surface area contributed by atoms with Gasteiger partial charge in [0.1, 0.15) is 17.0 Å². The van der Waals surface area contributed by atoms with Crippen molar-refractivity contribution in [3.8, 4) is 0 Å². The minimum absolute atomic E-state index is 0.0420. The predicted molar refractivity (Wildman–Crippen MR) is 129 cm³/mol. The highest BCUT2D eigenvalue weighted by molar-refractivity contribution is 7.11. The molecule has 2 aliphatic heterocycles. The second-order valence-corrected chi connectivity index (χ2v) is 9.72. The van der Waals surface area contributed by atoms with Crippen LogP contribution in [0.1, 0.15) is 28.2 Å². The first-order valence-electron chi connectivity index (χ1n) is 11.6. The Hall–Kier alpha value is -3.12. The monoisotopic (exact) mass is 483 g/mol. The summed E-state index contributed by atoms with van der Waals surface area (Å²) in [4.78, 5) is 45.3. The van der Waals surface area contributed by atoms with Crippen LogP contribution in [0, 0.1) is 6.92 Å². The van der Waals surface area contributed by atoms with Crippen molar-refractivity contribution in [3.63, 3.8) is 0 Å². The maximum atomic E-state index is 12.9. The summed E-state index contributed by atoms with van der Waals surface area (Å²) < 4.78 is 1.75. The molecule has 11 nitrogen and oxygen atoms in total. The highest BCUT2D eigenvalue weighted by Gasteiger charge is 2.27. The molecule has 5 rings (SSSR count). The molecule has 2 aliphatic rings. The number of amides is 2. The molecule has 2 amide bonds. The average molecular weight is 484 g/mol. The zero-order chi connectivity index (χ0) is 23.7. The van der Waals surface area contributed by atoms with Crippen LogP contribution in [0.25, 0.3) is 11.0 Å². The first kappa shape index (κ1) is 22.7. The zero-order valence-corrected chi connectivity index (χ0v) is 20.3. The number of nitrogens with zero attached hydrogens (tertiary/aromatic N) is 8. The van der Waals surface area contributed by atoms with Crippen molar-refractivity contribution in [1.29, 1.82) is 0 Å². The van der Waals surface area contributed by atoms with E-state index in [1.165, 1.54) is 11.3 Å². The van der Waals surface area contributed by atoms with E-state index in [4.69, 9.17) is 0 Å². The van der Waals surface area contributed by atoms with Gasteiger partial charge in [0, 0.05) is 52.4 Å². The first-order valence-corrected chi connectivity index (χ1v) is 12.5. The van der Waals surface area contributed by atoms with Crippen molar-refractivity contribution in [3.05, 3.63) is 28.6 Å². The molecule has 0 aliphatic carbocycles. The SMILES string of the molecule is Cc1ncsc1C(=O)NC1CCN(CC(=O)N2CCN(c3ncnc4c3cnn4C)CC2)CC1. The first-order chi connectivity index (χ1) is 16.5. The number of fused-ring (bicyclic) bond motifs is 1. The van der Waals surface area contributed by atoms with E-state index >= 15 is 0 Å². The second-order valence-electron chi connectivity index (χ2n) is 8.86. The highest BCUT2D eigenvalue weighted by Crippen LogP contribution is 2.23. The maximum absolute atomic E-state index is 12.9. The zero-order valence-electron chi connectivity index (χ0n) is 19.5. The number of carbonyl (C=O) groups excluding carboxylic acids is 2. The molecular formula is C22H29N9O2S. The lowest BCUT2D eigenvalue weighted by molar-refractivity contribution is -0.133. The van der Waals surface area contributed by atoms with Crippen molar-refractivity contribution in [2.75, 3.05) is 50.7 Å². The molecule has 5 heterocycles. The quantitative estimate of drug-likeness (QED) is 0.564. The predicted octanol–water partition coefficient (Wildman–Crippen LogP) is 0.671. The number of anilines is 1. The second kappa shape index (κ2) is 9.63. The highest BCUT2D eigenvalue weighted by atomic mass is 32.1. The van der Waals surface area contributed by atoms with Crippen LogP contribution in [-0.4, -0.2) is 98.2 Å². The summed E-state index contributed by atoms with van der Waals surface area (Å²) in [6.45, 7) is 6.70. The number of carbonyl (C=O) groups is 2. The van der Waals surface area contributed by atoms with Gasteiger partial charge in [0.15, 0.2) is 5.65 Å². The van der Waals surface area contributed by atoms with E-state index in [1.54, 1.807) is 22.7 Å². The Morgan fingerprint density at radius 1 is 1.09 bits per heavy atom. The van der Waals surface area contributed by atoms with E-state index in [9.17, 15) is 9.59 Å². The standard InChI is InChI=1S/C22H29N9O2S/c1-15-19(34-14-25-15)22(33)27-16-3-5-29(6-4-16)12-18(32)30-7-9-31(10-8-30)21-17-11-26-28(2)20(17)23-13-24-21/h11,13-14,16H,3-10,12H2,1-2H3,(H,27,33). The smallest absolute Gasteiger partial charge is 0.263 e. The average Bonchev–Trinajstić information content (AvgIpc) is 3.46. The molecular weight excluding hydrogens is 454 g/mol. The van der Waals surface area contributed by atoms with Gasteiger partial charge < -0.3 is 15.1 Å². The van der Waals surface area contributed by atoms with Crippen molar-refractivity contribution < 1.29 is 9.59 Å². The Morgan fingerprint density at radius 3 is 2.56 bits per heavy atom. The van der Waals surface area contributed by atoms with Gasteiger partial charge in [-0.05, 0) is 19.8 Å². The minimum Gasteiger partial charge on any atom is -0.352 e. The van der Waals surface area contributed by atoms with Gasteiger partial charge in [0.05, 0.1) is 29.3 Å². The number of hydrogen-bond acceptors (Lipinski definition) is 9. The molecule has 0 saturated carbocycles. The third-order valence-corrected chi connectivity index (χ3v) is 7.60. The molecule has 3 aromatic heterocycles. The topological polar surface area (TPSA) is 112 Å². The lowest BCUT2D eigenvalue weighted by Crippen LogP contribution is -2.53. The van der Waals surface area contributed by atoms with Crippen LogP contribution in [0.15, 0.2) is 18.0 Å². The van der Waals surface area contributed by atoms with Crippen molar-refractivity contribution in [2.45, 2.75) is 25.8 Å². The van der Waals surface area contributed by atoms with E-state index in [-0.39, 0.29) is 17.9 Å². The Labute approximate surface area is 201 Å². The van der Waals surface area contributed by atoms with Crippen molar-refractivity contribution in [2.24, 2.45) is 7.05 Å². The van der Waals surface area contributed by atoms with E-state index in [1.807, 2.05) is 18.9 Å². The van der Waals surface area contributed by atoms with Crippen LogP contribution in [-0.2, 0) is 11.8 Å². The normalized spacial score (nSPS) is 17.9. The van der Waals surface area contributed by atoms with Gasteiger partial charge in [0.2, 0.25) is 5.91 Å². The molecule has 0 bridgehead atoms. The fraction of sp³-hybridized carbons (Fsp3) is 0.545. The fourth-order valence-electron chi connectivity index (χ4n) is 4.67. The molecule has 0 spiro atoms. The molecule has 0 atom stereocenters. The van der Waals surface area contributed by atoms with Gasteiger partial charge in [0.25, 0.3) is 5.91 Å². The molecule has 2 saturated heterocycles. The Balaban J connectivity index is 1.08. The summed E-state index contributed by atoms with van der Waals surface area (Å²) in [6, 6.07) is 0.140. The third-order valence-electron chi connectivity index (χ3n) is 6.67. The lowest BCUT2D eigenvalue weighted by atomic mass is 10.0. The van der Waals surface area contributed by atoms with Crippen LogP contribution < -0.4 is 10.2 Å². The molecule has 3 aromatic rings. The van der Waals surface area contributed by atoms with Crippen LogP contribution in [0.5, 0.6) is 0 Å². The molecule has 34 heavy (non-hydrogen) atoms. The molecule has 0 aromatic carbocycles. The van der Waals surface area contributed by atoms with E-state index in [0.717, 1.165) is 61.6 Å². The number of nitrogens with one attached hydrogen (secondary N) is 1. The van der Waals surface area contributed by atoms with E-state index in [0.29, 0.717) is 24.5 Å². The Bertz CT molecular complexity index is 1180. The molecule has 1 N–H and O–H groups in total. The number of piperidine rings is 1. The Kier molecular flexibility index (Phi) is 6.42. The minimum atomic E-state index is -0.0420. The molecule has 180 valence electrons. The fourth-order valence-corrected chi connectivity index (χ4v) is 5.37. The summed E-state index contributed by atoms with van der Waals surface area (Å²) in [5.74, 6) is 0.999. The molecule has 12 heteroatoms. The van der Waals surface area contributed by atoms with Gasteiger partial charge in [-0.15, -0.1) is 11.3 Å². The summed E-state index contributed by atoms with van der Waals surface area (Å²) in [5.41, 5.74) is 3.28. The maximum Gasteiger partial charge on any atom is 0.263 e. The lowest BCUT2D eigenvalue weighted by Gasteiger charge is -2.37. The van der Waals surface area contributed by atoms with E-state index < -0.39 is 0 Å². The van der Waals surface area contributed by atoms with Crippen molar-refractivity contribution in [1.82, 2.24) is 39.8 Å². The summed E-state index contributed by atoms with van der Waals surface area (Å²) >= 11 is 1.37. The number of likely N-dealkylation sites (tertiary alicyclic amines) is 1. The van der Waals surface area contributed by atoms with Crippen LogP contribution in [0.3, 0.4) is 0 Å². The van der Waals surface area contributed by atoms with Gasteiger partial charge in [-0.25, -0.2) is 15.0 Å². The molecule has 0 unspecified atom stereocenters. The number of hydrogen-bond donors (Lipinski definition) is 1. The van der Waals surface area contributed by atoms with Crippen LogP contribution >= 0.6 is 11.3 Å². The summed E-state index contributed by atoms with van der Waals surface area (Å²) in [7, 11) is 1.87. The summed E-state index contributed by atoms with van der Waals surface area (Å²) in [5, 5.41) is 8.35. The molecule has 0 radical (unpaired) electrons. The van der Waals surface area contributed by atoms with Gasteiger partial charge in [-0.3, -0.25) is 19.2 Å².